The Balaban J connectivity index is 1.98. The van der Waals surface area contributed by atoms with Gasteiger partial charge in [-0.25, -0.2) is 4.68 Å². The number of anilines is 2. The number of aromatic nitrogens is 3. The monoisotopic (exact) mass is 373 g/mol. The summed E-state index contributed by atoms with van der Waals surface area (Å²) in [7, 11) is 1.59. The summed E-state index contributed by atoms with van der Waals surface area (Å²) in [5.74, 6) is 0.836. The Hall–Kier alpha value is -3.10. The summed E-state index contributed by atoms with van der Waals surface area (Å²) in [6.45, 7) is 5.43. The number of carbonyl (C=O) groups excluding carboxylic acids is 1. The van der Waals surface area contributed by atoms with Crippen molar-refractivity contribution in [3.8, 4) is 5.75 Å². The quantitative estimate of drug-likeness (QED) is 0.683. The van der Waals surface area contributed by atoms with Gasteiger partial charge in [0.25, 0.3) is 0 Å². The van der Waals surface area contributed by atoms with Crippen molar-refractivity contribution >= 4 is 17.5 Å². The molecule has 9 heteroatoms. The lowest BCUT2D eigenvalue weighted by atomic mass is 10.3. The predicted octanol–water partition coefficient (Wildman–Crippen LogP) is 0.434. The van der Waals surface area contributed by atoms with Gasteiger partial charge in [0.1, 0.15) is 12.3 Å². The number of fused-ring (bicyclic) bond motifs is 1. The molecule has 0 unspecified atom stereocenters. The van der Waals surface area contributed by atoms with E-state index in [9.17, 15) is 14.4 Å². The summed E-state index contributed by atoms with van der Waals surface area (Å²) in [4.78, 5) is 40.6. The average Bonchev–Trinajstić information content (AvgIpc) is 3.10. The number of carbonyl (C=O) groups is 1. The molecule has 144 valence electrons. The Morgan fingerprint density at radius 2 is 1.78 bits per heavy atom. The molecule has 3 rings (SSSR count). The molecule has 2 heterocycles. The fraction of sp³-hybridized carbons (Fsp3) is 0.444. The third-order valence-corrected chi connectivity index (χ3v) is 4.69. The zero-order valence-electron chi connectivity index (χ0n) is 15.7. The van der Waals surface area contributed by atoms with E-state index in [0.717, 1.165) is 16.1 Å². The lowest BCUT2D eigenvalue weighted by Gasteiger charge is -2.20. The molecule has 1 aromatic heterocycles. The molecule has 0 spiro atoms. The number of hydrogen-bond acceptors (Lipinski definition) is 6. The lowest BCUT2D eigenvalue weighted by molar-refractivity contribution is -0.131. The number of ether oxygens (including phenoxy) is 1. The van der Waals surface area contributed by atoms with Crippen LogP contribution in [0.5, 0.6) is 5.75 Å². The molecule has 0 saturated heterocycles. The highest BCUT2D eigenvalue weighted by atomic mass is 16.5. The Kier molecular flexibility index (Phi) is 5.29. The minimum atomic E-state index is -0.782. The first kappa shape index (κ1) is 18.7. The van der Waals surface area contributed by atoms with Crippen LogP contribution in [0.1, 0.15) is 13.8 Å². The molecule has 1 aliphatic rings. The third-order valence-electron chi connectivity index (χ3n) is 4.69. The van der Waals surface area contributed by atoms with Crippen LogP contribution in [0.15, 0.2) is 33.9 Å². The zero-order valence-corrected chi connectivity index (χ0v) is 15.7. The zero-order chi connectivity index (χ0) is 19.6. The van der Waals surface area contributed by atoms with Crippen molar-refractivity contribution in [3.63, 3.8) is 0 Å². The third kappa shape index (κ3) is 3.44. The largest absolute Gasteiger partial charge is 0.497 e. The highest BCUT2D eigenvalue weighted by molar-refractivity contribution is 5.75. The molecule has 1 aromatic carbocycles. The van der Waals surface area contributed by atoms with E-state index in [-0.39, 0.29) is 12.5 Å². The molecule has 2 aromatic rings. The van der Waals surface area contributed by atoms with Gasteiger partial charge in [-0.1, -0.05) is 0 Å². The summed E-state index contributed by atoms with van der Waals surface area (Å²) < 4.78 is 7.49. The first-order valence-electron chi connectivity index (χ1n) is 8.91. The molecule has 27 heavy (non-hydrogen) atoms. The van der Waals surface area contributed by atoms with Crippen LogP contribution in [0, 0.1) is 0 Å². The molecule has 0 saturated carbocycles. The van der Waals surface area contributed by atoms with Crippen molar-refractivity contribution in [1.29, 1.82) is 0 Å². The molecule has 0 radical (unpaired) electrons. The Bertz CT molecular complexity index is 944. The van der Waals surface area contributed by atoms with Gasteiger partial charge in [0.2, 0.25) is 11.9 Å². The summed E-state index contributed by atoms with van der Waals surface area (Å²) >= 11 is 0. The number of amides is 1. The van der Waals surface area contributed by atoms with Gasteiger partial charge in [-0.05, 0) is 38.1 Å². The average molecular weight is 373 g/mol. The maximum Gasteiger partial charge on any atom is 0.333 e. The minimum Gasteiger partial charge on any atom is -0.497 e. The van der Waals surface area contributed by atoms with Gasteiger partial charge in [-0.3, -0.25) is 19.0 Å². The second kappa shape index (κ2) is 7.65. The Labute approximate surface area is 156 Å². The first-order chi connectivity index (χ1) is 13.0. The molecular formula is C18H23N5O4. The van der Waals surface area contributed by atoms with Crippen LogP contribution in [-0.2, 0) is 17.9 Å². The second-order valence-corrected chi connectivity index (χ2v) is 6.14. The van der Waals surface area contributed by atoms with Gasteiger partial charge in [-0.2, -0.15) is 0 Å². The van der Waals surface area contributed by atoms with Crippen molar-refractivity contribution in [1.82, 2.24) is 19.2 Å². The molecule has 0 atom stereocenters. The van der Waals surface area contributed by atoms with E-state index in [4.69, 9.17) is 4.74 Å². The van der Waals surface area contributed by atoms with Gasteiger partial charge in [0, 0.05) is 31.9 Å². The van der Waals surface area contributed by atoms with Crippen LogP contribution in [0.25, 0.3) is 0 Å². The van der Waals surface area contributed by atoms with E-state index < -0.39 is 11.1 Å². The number of methoxy groups -OCH3 is 1. The molecule has 0 aliphatic carbocycles. The highest BCUT2D eigenvalue weighted by Crippen LogP contribution is 2.27. The number of rotatable bonds is 6. The highest BCUT2D eigenvalue weighted by Gasteiger charge is 2.26. The summed E-state index contributed by atoms with van der Waals surface area (Å²) in [6.07, 6.45) is 0. The maximum atomic E-state index is 12.5. The topological polar surface area (TPSA) is 89.7 Å². The van der Waals surface area contributed by atoms with Crippen molar-refractivity contribution in [3.05, 3.63) is 45.0 Å². The van der Waals surface area contributed by atoms with Crippen LogP contribution >= 0.6 is 0 Å². The van der Waals surface area contributed by atoms with Crippen molar-refractivity contribution in [2.24, 2.45) is 0 Å². The predicted molar refractivity (Wildman–Crippen MR) is 101 cm³/mol. The lowest BCUT2D eigenvalue weighted by Crippen LogP contribution is -2.45. The second-order valence-electron chi connectivity index (χ2n) is 6.14. The van der Waals surface area contributed by atoms with E-state index in [1.807, 2.05) is 43.0 Å². The molecule has 0 bridgehead atoms. The normalized spacial score (nSPS) is 12.8. The smallest absolute Gasteiger partial charge is 0.333 e. The van der Waals surface area contributed by atoms with Crippen LogP contribution in [0.4, 0.5) is 11.6 Å². The number of nitrogens with zero attached hydrogens (tertiary/aromatic N) is 5. The fourth-order valence-electron chi connectivity index (χ4n) is 3.14. The first-order valence-corrected chi connectivity index (χ1v) is 8.91. The van der Waals surface area contributed by atoms with Crippen LogP contribution in [0.2, 0.25) is 0 Å². The fourth-order valence-corrected chi connectivity index (χ4v) is 3.14. The molecular weight excluding hydrogens is 350 g/mol. The Morgan fingerprint density at radius 1 is 1.11 bits per heavy atom. The number of benzene rings is 1. The van der Waals surface area contributed by atoms with Gasteiger partial charge < -0.3 is 14.5 Å². The van der Waals surface area contributed by atoms with E-state index in [1.54, 1.807) is 12.0 Å². The van der Waals surface area contributed by atoms with Crippen LogP contribution in [0.3, 0.4) is 0 Å². The van der Waals surface area contributed by atoms with E-state index >= 15 is 0 Å². The number of hydrogen-bond donors (Lipinski definition) is 0. The Morgan fingerprint density at radius 3 is 2.37 bits per heavy atom. The standard InChI is InChI=1S/C18H23N5O4/c1-4-20(5-2)15(24)12-23-17(26)16(25)22-11-10-21(18(22)19-23)13-6-8-14(27-3)9-7-13/h6-9H,4-5,10-12H2,1-3H3. The van der Waals surface area contributed by atoms with E-state index in [2.05, 4.69) is 5.10 Å². The molecule has 1 aliphatic heterocycles. The summed E-state index contributed by atoms with van der Waals surface area (Å²) in [5, 5.41) is 4.32. The number of likely N-dealkylation sites (N-methyl/N-ethyl adjacent to an activating group) is 1. The SMILES string of the molecule is CCN(CC)C(=O)Cn1nc2n(c(=O)c1=O)CCN2c1ccc(OC)cc1. The molecule has 0 N–H and O–H groups in total. The van der Waals surface area contributed by atoms with Gasteiger partial charge >= 0.3 is 11.1 Å². The molecule has 1 amide bonds. The minimum absolute atomic E-state index is 0.243. The summed E-state index contributed by atoms with van der Waals surface area (Å²) in [5.41, 5.74) is -0.617. The van der Waals surface area contributed by atoms with Crippen molar-refractivity contribution < 1.29 is 9.53 Å². The van der Waals surface area contributed by atoms with Gasteiger partial charge in [0.15, 0.2) is 0 Å². The van der Waals surface area contributed by atoms with E-state index in [0.29, 0.717) is 32.1 Å². The van der Waals surface area contributed by atoms with Crippen LogP contribution < -0.4 is 20.8 Å². The van der Waals surface area contributed by atoms with Crippen LogP contribution in [-0.4, -0.2) is 51.9 Å². The van der Waals surface area contributed by atoms with E-state index in [1.165, 1.54) is 4.57 Å². The van der Waals surface area contributed by atoms with Crippen molar-refractivity contribution in [2.75, 3.05) is 31.6 Å². The van der Waals surface area contributed by atoms with Crippen molar-refractivity contribution in [2.45, 2.75) is 26.9 Å². The maximum absolute atomic E-state index is 12.5. The van der Waals surface area contributed by atoms with Gasteiger partial charge in [-0.15, -0.1) is 5.10 Å². The summed E-state index contributed by atoms with van der Waals surface area (Å²) in [6, 6.07) is 7.35. The molecule has 0 fully saturated rings. The molecule has 9 nitrogen and oxygen atoms in total. The van der Waals surface area contributed by atoms with Gasteiger partial charge in [0.05, 0.1) is 7.11 Å².